The third kappa shape index (κ3) is 5.40. The highest BCUT2D eigenvalue weighted by molar-refractivity contribution is 7.89. The predicted octanol–water partition coefficient (Wildman–Crippen LogP) is 0.269. The van der Waals surface area contributed by atoms with Crippen molar-refractivity contribution in [2.75, 3.05) is 11.9 Å². The molecule has 0 aliphatic carbocycles. The number of para-hydroxylation sites is 1. The molecule has 0 aliphatic heterocycles. The first-order valence-corrected chi connectivity index (χ1v) is 8.80. The zero-order chi connectivity index (χ0) is 18.4. The van der Waals surface area contributed by atoms with Crippen molar-refractivity contribution >= 4 is 27.6 Å². The lowest BCUT2D eigenvalue weighted by atomic mass is 10.3. The topological polar surface area (TPSA) is 119 Å². The molecule has 1 aromatic heterocycles. The highest BCUT2D eigenvalue weighted by Gasteiger charge is 2.21. The molecule has 0 radical (unpaired) electrons. The van der Waals surface area contributed by atoms with Gasteiger partial charge in [-0.25, -0.2) is 8.42 Å². The summed E-state index contributed by atoms with van der Waals surface area (Å²) in [6.45, 7) is 0.798. The van der Waals surface area contributed by atoms with Crippen LogP contribution < -0.4 is 10.0 Å². The minimum absolute atomic E-state index is 0.0716. The number of hydrogen-bond acceptors (Lipinski definition) is 6. The summed E-state index contributed by atoms with van der Waals surface area (Å²) < 4.78 is 32.3. The number of benzene rings is 1. The fourth-order valence-corrected chi connectivity index (χ4v) is 2.78. The Morgan fingerprint density at radius 2 is 1.96 bits per heavy atom. The third-order valence-electron chi connectivity index (χ3n) is 3.12. The average Bonchev–Trinajstić information content (AvgIpc) is 3.01. The molecular formula is C15H18N4O5S. The number of esters is 1. The molecule has 1 atom stereocenters. The fraction of sp³-hybridized carbons (Fsp3) is 0.267. The van der Waals surface area contributed by atoms with Crippen LogP contribution in [0.1, 0.15) is 6.92 Å². The minimum Gasteiger partial charge on any atom is -0.452 e. The number of hydrogen-bond donors (Lipinski definition) is 2. The molecule has 0 spiro atoms. The van der Waals surface area contributed by atoms with Gasteiger partial charge in [0.15, 0.2) is 6.10 Å². The van der Waals surface area contributed by atoms with Crippen LogP contribution in [0.25, 0.3) is 0 Å². The Morgan fingerprint density at radius 1 is 1.28 bits per heavy atom. The predicted molar refractivity (Wildman–Crippen MR) is 89.0 cm³/mol. The van der Waals surface area contributed by atoms with Gasteiger partial charge in [-0.3, -0.25) is 14.3 Å². The van der Waals surface area contributed by atoms with Crippen molar-refractivity contribution in [2.24, 2.45) is 7.05 Å². The maximum Gasteiger partial charge on any atom is 0.321 e. The van der Waals surface area contributed by atoms with E-state index in [9.17, 15) is 18.0 Å². The third-order valence-corrected chi connectivity index (χ3v) is 4.47. The van der Waals surface area contributed by atoms with Gasteiger partial charge in [0.1, 0.15) is 11.4 Å². The maximum atomic E-state index is 12.0. The Morgan fingerprint density at radius 3 is 2.56 bits per heavy atom. The van der Waals surface area contributed by atoms with E-state index in [1.54, 1.807) is 37.4 Å². The van der Waals surface area contributed by atoms with Gasteiger partial charge in [-0.05, 0) is 19.1 Å². The van der Waals surface area contributed by atoms with Crippen LogP contribution in [0.4, 0.5) is 5.69 Å². The molecule has 0 fully saturated rings. The van der Waals surface area contributed by atoms with Gasteiger partial charge < -0.3 is 10.1 Å². The molecule has 0 saturated carbocycles. The molecule has 9 nitrogen and oxygen atoms in total. The van der Waals surface area contributed by atoms with Crippen molar-refractivity contribution in [1.29, 1.82) is 0 Å². The van der Waals surface area contributed by atoms with Crippen molar-refractivity contribution in [2.45, 2.75) is 17.9 Å². The number of amides is 1. The molecule has 0 bridgehead atoms. The van der Waals surface area contributed by atoms with Gasteiger partial charge in [0.25, 0.3) is 5.91 Å². The molecule has 2 N–H and O–H groups in total. The van der Waals surface area contributed by atoms with E-state index < -0.39 is 34.5 Å². The molecule has 2 aromatic rings. The van der Waals surface area contributed by atoms with Crippen LogP contribution in [0, 0.1) is 0 Å². The van der Waals surface area contributed by atoms with E-state index >= 15 is 0 Å². The van der Waals surface area contributed by atoms with Crippen LogP contribution in [0.2, 0.25) is 0 Å². The van der Waals surface area contributed by atoms with Gasteiger partial charge in [0, 0.05) is 18.9 Å². The Labute approximate surface area is 145 Å². The minimum atomic E-state index is -3.87. The molecule has 0 saturated heterocycles. The molecule has 0 aliphatic rings. The molecule has 25 heavy (non-hydrogen) atoms. The van der Waals surface area contributed by atoms with Gasteiger partial charge in [-0.1, -0.05) is 18.2 Å². The second kappa shape index (κ2) is 7.90. The Balaban J connectivity index is 1.84. The van der Waals surface area contributed by atoms with Crippen molar-refractivity contribution in [3.63, 3.8) is 0 Å². The summed E-state index contributed by atoms with van der Waals surface area (Å²) >= 11 is 0. The first-order valence-electron chi connectivity index (χ1n) is 7.31. The van der Waals surface area contributed by atoms with Crippen LogP contribution in [-0.2, 0) is 31.4 Å². The van der Waals surface area contributed by atoms with E-state index in [4.69, 9.17) is 4.74 Å². The largest absolute Gasteiger partial charge is 0.452 e. The van der Waals surface area contributed by atoms with Crippen molar-refractivity contribution in [1.82, 2.24) is 14.5 Å². The Bertz CT molecular complexity index is 848. The number of rotatable bonds is 7. The number of aromatic nitrogens is 2. The normalized spacial score (nSPS) is 12.4. The number of sulfonamides is 1. The van der Waals surface area contributed by atoms with Crippen LogP contribution in [0.5, 0.6) is 0 Å². The second-order valence-corrected chi connectivity index (χ2v) is 6.93. The summed E-state index contributed by atoms with van der Waals surface area (Å²) in [6.07, 6.45) is 1.38. The Hall–Kier alpha value is -2.72. The monoisotopic (exact) mass is 366 g/mol. The summed E-state index contributed by atoms with van der Waals surface area (Å²) in [5.74, 6) is -1.39. The summed E-state index contributed by atoms with van der Waals surface area (Å²) in [5, 5.41) is 6.33. The van der Waals surface area contributed by atoms with E-state index in [1.807, 2.05) is 0 Å². The summed E-state index contributed by atoms with van der Waals surface area (Å²) in [5.41, 5.74) is 0.563. The standard InChI is InChI=1S/C15H18N4O5S/c1-11(15(21)18-12-6-4-3-5-7-12)24-14(20)9-17-25(22,23)13-8-16-19(2)10-13/h3-8,10-11,17H,9H2,1-2H3,(H,18,21). The van der Waals surface area contributed by atoms with E-state index in [-0.39, 0.29) is 4.90 Å². The molecule has 1 heterocycles. The first-order chi connectivity index (χ1) is 11.8. The lowest BCUT2D eigenvalue weighted by Crippen LogP contribution is -2.35. The van der Waals surface area contributed by atoms with Crippen molar-refractivity contribution in [3.8, 4) is 0 Å². The van der Waals surface area contributed by atoms with Gasteiger partial charge >= 0.3 is 5.97 Å². The van der Waals surface area contributed by atoms with Crippen LogP contribution in [0.3, 0.4) is 0 Å². The Kier molecular flexibility index (Phi) is 5.88. The van der Waals surface area contributed by atoms with E-state index in [0.29, 0.717) is 5.69 Å². The number of nitrogens with zero attached hydrogens (tertiary/aromatic N) is 2. The van der Waals surface area contributed by atoms with Crippen LogP contribution in [-0.4, -0.2) is 42.7 Å². The van der Waals surface area contributed by atoms with Gasteiger partial charge in [0.05, 0.1) is 6.20 Å². The van der Waals surface area contributed by atoms with E-state index in [1.165, 1.54) is 17.8 Å². The molecule has 134 valence electrons. The fourth-order valence-electron chi connectivity index (χ4n) is 1.83. The SMILES string of the molecule is CC(OC(=O)CNS(=O)(=O)c1cnn(C)c1)C(=O)Nc1ccccc1. The van der Waals surface area contributed by atoms with Gasteiger partial charge in [0.2, 0.25) is 10.0 Å². The second-order valence-electron chi connectivity index (χ2n) is 5.16. The quantitative estimate of drug-likeness (QED) is 0.679. The molecule has 1 aromatic carbocycles. The molecule has 10 heteroatoms. The summed E-state index contributed by atoms with van der Waals surface area (Å²) in [6, 6.07) is 8.68. The first kappa shape index (κ1) is 18.6. The highest BCUT2D eigenvalue weighted by atomic mass is 32.2. The summed E-state index contributed by atoms with van der Waals surface area (Å²) in [7, 11) is -2.30. The van der Waals surface area contributed by atoms with E-state index in [2.05, 4.69) is 15.1 Å². The average molecular weight is 366 g/mol. The van der Waals surface area contributed by atoms with Crippen molar-refractivity contribution in [3.05, 3.63) is 42.7 Å². The number of carbonyl (C=O) groups excluding carboxylic acids is 2. The summed E-state index contributed by atoms with van der Waals surface area (Å²) in [4.78, 5) is 23.6. The number of ether oxygens (including phenoxy) is 1. The zero-order valence-corrected chi connectivity index (χ0v) is 14.5. The molecular weight excluding hydrogens is 348 g/mol. The maximum absolute atomic E-state index is 12.0. The lowest BCUT2D eigenvalue weighted by Gasteiger charge is -2.13. The number of carbonyl (C=O) groups is 2. The van der Waals surface area contributed by atoms with Crippen LogP contribution >= 0.6 is 0 Å². The van der Waals surface area contributed by atoms with Gasteiger partial charge in [-0.15, -0.1) is 0 Å². The number of aryl methyl sites for hydroxylation is 1. The zero-order valence-electron chi connectivity index (χ0n) is 13.7. The molecule has 2 rings (SSSR count). The number of nitrogens with one attached hydrogen (secondary N) is 2. The lowest BCUT2D eigenvalue weighted by molar-refractivity contribution is -0.151. The molecule has 1 amide bonds. The highest BCUT2D eigenvalue weighted by Crippen LogP contribution is 2.07. The van der Waals surface area contributed by atoms with Crippen molar-refractivity contribution < 1.29 is 22.7 Å². The smallest absolute Gasteiger partial charge is 0.321 e. The van der Waals surface area contributed by atoms with E-state index in [0.717, 1.165) is 6.20 Å². The van der Waals surface area contributed by atoms with Gasteiger partial charge in [-0.2, -0.15) is 9.82 Å². The van der Waals surface area contributed by atoms with Crippen LogP contribution in [0.15, 0.2) is 47.6 Å². The number of anilines is 1. The molecule has 1 unspecified atom stereocenters.